The number of hydrogen-bond donors (Lipinski definition) is 2. The van der Waals surface area contributed by atoms with Crippen molar-refractivity contribution < 1.29 is 9.18 Å². The molecule has 0 spiro atoms. The smallest absolute Gasteiger partial charge is 0.224 e. The molecule has 0 fully saturated rings. The number of nitrogens with one attached hydrogen (secondary N) is 2. The van der Waals surface area contributed by atoms with Gasteiger partial charge in [0, 0.05) is 28.2 Å². The molecule has 2 aromatic carbocycles. The summed E-state index contributed by atoms with van der Waals surface area (Å²) in [5, 5.41) is 4.36. The summed E-state index contributed by atoms with van der Waals surface area (Å²) in [7, 11) is 0. The maximum absolute atomic E-state index is 13.5. The molecule has 124 valence electrons. The van der Waals surface area contributed by atoms with Crippen LogP contribution >= 0.6 is 11.6 Å². The quantitative estimate of drug-likeness (QED) is 0.717. The molecule has 5 heteroatoms. The zero-order valence-electron chi connectivity index (χ0n) is 13.3. The average Bonchev–Trinajstić information content (AvgIpc) is 2.83. The fourth-order valence-electron chi connectivity index (χ4n) is 2.84. The third-order valence-electron chi connectivity index (χ3n) is 4.04. The average molecular weight is 345 g/mol. The number of fused-ring (bicyclic) bond motifs is 1. The van der Waals surface area contributed by atoms with Crippen molar-refractivity contribution in [2.24, 2.45) is 0 Å². The van der Waals surface area contributed by atoms with E-state index >= 15 is 0 Å². The fraction of sp³-hybridized carbons (Fsp3) is 0.211. The monoisotopic (exact) mass is 344 g/mol. The third kappa shape index (κ3) is 3.77. The van der Waals surface area contributed by atoms with Gasteiger partial charge in [-0.3, -0.25) is 4.79 Å². The van der Waals surface area contributed by atoms with Crippen molar-refractivity contribution in [3.05, 3.63) is 70.1 Å². The SMILES string of the molecule is Cc1[nH]c2ccc(F)cc2c1CC(=O)NCCc1cccc(Cl)c1. The summed E-state index contributed by atoms with van der Waals surface area (Å²) < 4.78 is 13.5. The van der Waals surface area contributed by atoms with Crippen LogP contribution in [0.4, 0.5) is 4.39 Å². The molecular weight excluding hydrogens is 327 g/mol. The number of aromatic nitrogens is 1. The first kappa shape index (κ1) is 16.5. The van der Waals surface area contributed by atoms with Crippen LogP contribution in [0.2, 0.25) is 5.02 Å². The zero-order chi connectivity index (χ0) is 17.1. The number of rotatable bonds is 5. The number of carbonyl (C=O) groups excluding carboxylic acids is 1. The molecule has 0 aliphatic rings. The summed E-state index contributed by atoms with van der Waals surface area (Å²) in [4.78, 5) is 15.4. The second kappa shape index (κ2) is 7.05. The van der Waals surface area contributed by atoms with Gasteiger partial charge in [-0.15, -0.1) is 0 Å². The van der Waals surface area contributed by atoms with E-state index in [4.69, 9.17) is 11.6 Å². The minimum Gasteiger partial charge on any atom is -0.358 e. The molecular formula is C19H18ClFN2O. The van der Waals surface area contributed by atoms with Gasteiger partial charge in [0.05, 0.1) is 6.42 Å². The lowest BCUT2D eigenvalue weighted by Gasteiger charge is -2.06. The van der Waals surface area contributed by atoms with Crippen LogP contribution in [0.25, 0.3) is 10.9 Å². The largest absolute Gasteiger partial charge is 0.358 e. The first-order chi connectivity index (χ1) is 11.5. The third-order valence-corrected chi connectivity index (χ3v) is 4.28. The summed E-state index contributed by atoms with van der Waals surface area (Å²) in [6, 6.07) is 12.1. The van der Waals surface area contributed by atoms with Gasteiger partial charge in [0.1, 0.15) is 5.82 Å². The van der Waals surface area contributed by atoms with Crippen LogP contribution < -0.4 is 5.32 Å². The minimum atomic E-state index is -0.302. The Kier molecular flexibility index (Phi) is 4.86. The Labute approximate surface area is 144 Å². The zero-order valence-corrected chi connectivity index (χ0v) is 14.1. The molecule has 0 bridgehead atoms. The molecule has 3 rings (SSSR count). The number of carbonyl (C=O) groups is 1. The van der Waals surface area contributed by atoms with E-state index in [0.717, 1.165) is 27.7 Å². The molecule has 0 unspecified atom stereocenters. The van der Waals surface area contributed by atoms with Crippen LogP contribution in [-0.4, -0.2) is 17.4 Å². The number of hydrogen-bond acceptors (Lipinski definition) is 1. The van der Waals surface area contributed by atoms with Crippen molar-refractivity contribution >= 4 is 28.4 Å². The molecule has 3 aromatic rings. The molecule has 0 saturated heterocycles. The van der Waals surface area contributed by atoms with E-state index in [9.17, 15) is 9.18 Å². The first-order valence-electron chi connectivity index (χ1n) is 7.81. The standard InChI is InChI=1S/C19H18ClFN2O/c1-12-16(17-10-15(21)5-6-18(17)23-12)11-19(24)22-8-7-13-3-2-4-14(20)9-13/h2-6,9-10,23H,7-8,11H2,1H3,(H,22,24). The number of aryl methyl sites for hydroxylation is 1. The Bertz CT molecular complexity index is 888. The molecule has 24 heavy (non-hydrogen) atoms. The lowest BCUT2D eigenvalue weighted by molar-refractivity contribution is -0.120. The molecule has 2 N–H and O–H groups in total. The van der Waals surface area contributed by atoms with Crippen molar-refractivity contribution in [1.29, 1.82) is 0 Å². The molecule has 3 nitrogen and oxygen atoms in total. The highest BCUT2D eigenvalue weighted by molar-refractivity contribution is 6.30. The molecule has 1 aromatic heterocycles. The van der Waals surface area contributed by atoms with Crippen LogP contribution in [0, 0.1) is 12.7 Å². The summed E-state index contributed by atoms with van der Waals surface area (Å²) >= 11 is 5.95. The highest BCUT2D eigenvalue weighted by Crippen LogP contribution is 2.23. The van der Waals surface area contributed by atoms with E-state index in [1.54, 1.807) is 6.07 Å². The van der Waals surface area contributed by atoms with Crippen LogP contribution in [0.5, 0.6) is 0 Å². The Morgan fingerprint density at radius 3 is 2.88 bits per heavy atom. The van der Waals surface area contributed by atoms with E-state index in [-0.39, 0.29) is 18.1 Å². The second-order valence-corrected chi connectivity index (χ2v) is 6.26. The summed E-state index contributed by atoms with van der Waals surface area (Å²) in [5.74, 6) is -0.380. The molecule has 1 amide bonds. The van der Waals surface area contributed by atoms with Crippen molar-refractivity contribution in [2.45, 2.75) is 19.8 Å². The van der Waals surface area contributed by atoms with E-state index in [1.165, 1.54) is 12.1 Å². The second-order valence-electron chi connectivity index (χ2n) is 5.83. The maximum Gasteiger partial charge on any atom is 0.224 e. The minimum absolute atomic E-state index is 0.0784. The van der Waals surface area contributed by atoms with Gasteiger partial charge in [-0.1, -0.05) is 23.7 Å². The van der Waals surface area contributed by atoms with Gasteiger partial charge in [-0.2, -0.15) is 0 Å². The van der Waals surface area contributed by atoms with Crippen molar-refractivity contribution in [3.8, 4) is 0 Å². The Morgan fingerprint density at radius 2 is 2.08 bits per heavy atom. The maximum atomic E-state index is 13.5. The molecule has 0 aliphatic carbocycles. The first-order valence-corrected chi connectivity index (χ1v) is 8.18. The van der Waals surface area contributed by atoms with Crippen LogP contribution in [-0.2, 0) is 17.6 Å². The number of amides is 1. The molecule has 0 atom stereocenters. The molecule has 1 heterocycles. The van der Waals surface area contributed by atoms with Crippen LogP contribution in [0.15, 0.2) is 42.5 Å². The Balaban J connectivity index is 1.63. The van der Waals surface area contributed by atoms with Gasteiger partial charge in [-0.25, -0.2) is 4.39 Å². The van der Waals surface area contributed by atoms with Gasteiger partial charge in [0.25, 0.3) is 0 Å². The predicted octanol–water partition coefficient (Wildman–Crippen LogP) is 4.17. The topological polar surface area (TPSA) is 44.9 Å². The van der Waals surface area contributed by atoms with Gasteiger partial charge < -0.3 is 10.3 Å². The van der Waals surface area contributed by atoms with E-state index < -0.39 is 0 Å². The summed E-state index contributed by atoms with van der Waals surface area (Å²) in [6.07, 6.45) is 0.943. The van der Waals surface area contributed by atoms with Gasteiger partial charge in [-0.05, 0) is 54.8 Å². The predicted molar refractivity (Wildman–Crippen MR) is 94.9 cm³/mol. The number of benzene rings is 2. The van der Waals surface area contributed by atoms with E-state index in [0.29, 0.717) is 18.0 Å². The number of H-pyrrole nitrogens is 1. The molecule has 0 aliphatic heterocycles. The lowest BCUT2D eigenvalue weighted by atomic mass is 10.1. The lowest BCUT2D eigenvalue weighted by Crippen LogP contribution is -2.27. The number of halogens is 2. The van der Waals surface area contributed by atoms with E-state index in [1.807, 2.05) is 31.2 Å². The molecule has 0 saturated carbocycles. The summed E-state index contributed by atoms with van der Waals surface area (Å²) in [5.41, 5.74) is 3.65. The van der Waals surface area contributed by atoms with Gasteiger partial charge in [0.2, 0.25) is 5.91 Å². The van der Waals surface area contributed by atoms with Crippen LogP contribution in [0.1, 0.15) is 16.8 Å². The highest BCUT2D eigenvalue weighted by Gasteiger charge is 2.13. The van der Waals surface area contributed by atoms with Crippen molar-refractivity contribution in [3.63, 3.8) is 0 Å². The normalized spacial score (nSPS) is 11.0. The van der Waals surface area contributed by atoms with Gasteiger partial charge in [0.15, 0.2) is 0 Å². The van der Waals surface area contributed by atoms with Crippen LogP contribution in [0.3, 0.4) is 0 Å². The van der Waals surface area contributed by atoms with Crippen molar-refractivity contribution in [2.75, 3.05) is 6.54 Å². The number of aromatic amines is 1. The van der Waals surface area contributed by atoms with E-state index in [2.05, 4.69) is 10.3 Å². The van der Waals surface area contributed by atoms with Gasteiger partial charge >= 0.3 is 0 Å². The summed E-state index contributed by atoms with van der Waals surface area (Å²) in [6.45, 7) is 2.43. The highest BCUT2D eigenvalue weighted by atomic mass is 35.5. The fourth-order valence-corrected chi connectivity index (χ4v) is 3.06. The Hall–Kier alpha value is -2.33. The Morgan fingerprint density at radius 1 is 1.25 bits per heavy atom. The van der Waals surface area contributed by atoms with Crippen molar-refractivity contribution in [1.82, 2.24) is 10.3 Å². The molecule has 0 radical (unpaired) electrons.